The first-order chi connectivity index (χ1) is 11.9. The van der Waals surface area contributed by atoms with Crippen molar-refractivity contribution in [2.45, 2.75) is 68.9 Å². The molecule has 4 nitrogen and oxygen atoms in total. The van der Waals surface area contributed by atoms with Crippen LogP contribution >= 0.6 is 11.8 Å². The number of aromatic nitrogens is 2. The first-order valence-corrected chi connectivity index (χ1v) is 10.2. The van der Waals surface area contributed by atoms with E-state index in [0.29, 0.717) is 5.92 Å². The third-order valence-corrected chi connectivity index (χ3v) is 6.25. The number of nitrogens with zero attached hydrogens (tertiary/aromatic N) is 2. The molecule has 134 valence electrons. The van der Waals surface area contributed by atoms with E-state index < -0.39 is 0 Å². The number of aliphatic hydroxyl groups is 1. The Morgan fingerprint density at radius 2 is 2.08 bits per heavy atom. The van der Waals surface area contributed by atoms with Crippen LogP contribution in [0.25, 0.3) is 0 Å². The maximum atomic E-state index is 9.87. The van der Waals surface area contributed by atoms with Gasteiger partial charge in [0.25, 0.3) is 0 Å². The van der Waals surface area contributed by atoms with Gasteiger partial charge < -0.3 is 10.4 Å². The van der Waals surface area contributed by atoms with Crippen LogP contribution in [0.15, 0.2) is 29.2 Å². The van der Waals surface area contributed by atoms with Gasteiger partial charge in [-0.15, -0.1) is 11.8 Å². The number of rotatable bonds is 3. The number of aryl methyl sites for hydroxylation is 1. The molecule has 1 saturated carbocycles. The number of hydrogen-bond acceptors (Lipinski definition) is 4. The van der Waals surface area contributed by atoms with Gasteiger partial charge in [-0.3, -0.25) is 0 Å². The lowest BCUT2D eigenvalue weighted by Crippen LogP contribution is -2.24. The highest BCUT2D eigenvalue weighted by Gasteiger charge is 2.29. The van der Waals surface area contributed by atoms with E-state index in [4.69, 9.17) is 5.10 Å². The normalized spacial score (nSPS) is 23.0. The highest BCUT2D eigenvalue weighted by atomic mass is 32.2. The smallest absolute Gasteiger partial charge is 0.129 e. The summed E-state index contributed by atoms with van der Waals surface area (Å²) in [6, 6.07) is 8.84. The van der Waals surface area contributed by atoms with Gasteiger partial charge in [0.1, 0.15) is 5.82 Å². The Bertz CT molecular complexity index is 778. The second kappa shape index (κ2) is 6.36. The van der Waals surface area contributed by atoms with E-state index in [1.54, 1.807) is 0 Å². The summed E-state index contributed by atoms with van der Waals surface area (Å²) < 4.78 is 2.09. The second-order valence-corrected chi connectivity index (χ2v) is 9.38. The highest BCUT2D eigenvalue weighted by Crippen LogP contribution is 2.38. The summed E-state index contributed by atoms with van der Waals surface area (Å²) in [6.07, 6.45) is 3.74. The molecule has 5 heteroatoms. The Kier molecular flexibility index (Phi) is 4.32. The molecular formula is C20H27N3OS. The number of hydrogen-bond donors (Lipinski definition) is 2. The zero-order chi connectivity index (χ0) is 17.6. The van der Waals surface area contributed by atoms with Crippen molar-refractivity contribution < 1.29 is 5.11 Å². The summed E-state index contributed by atoms with van der Waals surface area (Å²) in [5.41, 5.74) is 3.59. The lowest BCUT2D eigenvalue weighted by atomic mass is 10.0. The van der Waals surface area contributed by atoms with Gasteiger partial charge >= 0.3 is 0 Å². The van der Waals surface area contributed by atoms with Crippen LogP contribution in [-0.2, 0) is 12.0 Å². The van der Waals surface area contributed by atoms with Crippen molar-refractivity contribution in [3.63, 3.8) is 0 Å². The van der Waals surface area contributed by atoms with Gasteiger partial charge in [-0.25, -0.2) is 4.68 Å². The zero-order valence-corrected chi connectivity index (χ0v) is 16.1. The van der Waals surface area contributed by atoms with Crippen LogP contribution in [-0.4, -0.2) is 26.7 Å². The molecule has 0 saturated heterocycles. The standard InChI is InChI=1S/C20H27N3OS/c1-20(2,3)23-19(12-17(22-23)14-5-7-16(24)10-14)21-15-6-4-13-8-9-25-18(13)11-15/h4,6,11-12,14,16,21,24H,5,7-10H2,1-3H3/t14-,16+/m0/s1. The fraction of sp³-hybridized carbons (Fsp3) is 0.550. The number of aliphatic hydroxyl groups excluding tert-OH is 1. The van der Waals surface area contributed by atoms with Crippen molar-refractivity contribution in [2.75, 3.05) is 11.1 Å². The SMILES string of the molecule is CC(C)(C)n1nc([C@H]2CC[C@@H](O)C2)cc1Nc1ccc2c(c1)SCC2. The maximum absolute atomic E-state index is 9.87. The van der Waals surface area contributed by atoms with Gasteiger partial charge in [0, 0.05) is 28.3 Å². The Morgan fingerprint density at radius 3 is 2.80 bits per heavy atom. The molecule has 2 aromatic rings. The maximum Gasteiger partial charge on any atom is 0.129 e. The van der Waals surface area contributed by atoms with E-state index >= 15 is 0 Å². The molecule has 1 aromatic carbocycles. The van der Waals surface area contributed by atoms with E-state index in [-0.39, 0.29) is 11.6 Å². The predicted octanol–water partition coefficient (Wildman–Crippen LogP) is 4.66. The highest BCUT2D eigenvalue weighted by molar-refractivity contribution is 7.99. The Morgan fingerprint density at radius 1 is 1.24 bits per heavy atom. The summed E-state index contributed by atoms with van der Waals surface area (Å²) >= 11 is 1.94. The minimum absolute atomic E-state index is 0.0940. The van der Waals surface area contributed by atoms with Gasteiger partial charge in [0.05, 0.1) is 17.3 Å². The monoisotopic (exact) mass is 357 g/mol. The van der Waals surface area contributed by atoms with E-state index in [2.05, 4.69) is 55.0 Å². The van der Waals surface area contributed by atoms with Crippen LogP contribution in [0.1, 0.15) is 57.2 Å². The van der Waals surface area contributed by atoms with E-state index in [0.717, 1.165) is 36.5 Å². The number of benzene rings is 1. The summed E-state index contributed by atoms with van der Waals surface area (Å²) in [5, 5.41) is 18.4. The number of thioether (sulfide) groups is 1. The molecule has 0 spiro atoms. The lowest BCUT2D eigenvalue weighted by Gasteiger charge is -2.23. The molecular weight excluding hydrogens is 330 g/mol. The third kappa shape index (κ3) is 3.44. The summed E-state index contributed by atoms with van der Waals surface area (Å²) in [7, 11) is 0. The Balaban J connectivity index is 1.64. The predicted molar refractivity (Wildman–Crippen MR) is 104 cm³/mol. The van der Waals surface area contributed by atoms with Crippen LogP contribution in [0.3, 0.4) is 0 Å². The molecule has 1 fully saturated rings. The molecule has 1 aliphatic carbocycles. The van der Waals surface area contributed by atoms with E-state index in [1.165, 1.54) is 22.6 Å². The first-order valence-electron chi connectivity index (χ1n) is 9.21. The van der Waals surface area contributed by atoms with Gasteiger partial charge in [-0.05, 0) is 64.2 Å². The number of anilines is 2. The fourth-order valence-corrected chi connectivity index (χ4v) is 4.93. The molecule has 1 aromatic heterocycles. The van der Waals surface area contributed by atoms with Crippen molar-refractivity contribution in [1.29, 1.82) is 0 Å². The second-order valence-electron chi connectivity index (χ2n) is 8.25. The quantitative estimate of drug-likeness (QED) is 0.839. The molecule has 1 aliphatic heterocycles. The van der Waals surface area contributed by atoms with Crippen LogP contribution < -0.4 is 5.32 Å². The molecule has 2 heterocycles. The number of nitrogens with one attached hydrogen (secondary N) is 1. The molecule has 2 aliphatic rings. The van der Waals surface area contributed by atoms with Crippen molar-refractivity contribution >= 4 is 23.3 Å². The van der Waals surface area contributed by atoms with Crippen LogP contribution in [0, 0.1) is 0 Å². The van der Waals surface area contributed by atoms with Crippen molar-refractivity contribution in [2.24, 2.45) is 0 Å². The largest absolute Gasteiger partial charge is 0.393 e. The summed E-state index contributed by atoms with van der Waals surface area (Å²) in [4.78, 5) is 1.39. The van der Waals surface area contributed by atoms with Crippen molar-refractivity contribution in [1.82, 2.24) is 9.78 Å². The lowest BCUT2D eigenvalue weighted by molar-refractivity contribution is 0.181. The van der Waals surface area contributed by atoms with E-state index in [9.17, 15) is 5.11 Å². The van der Waals surface area contributed by atoms with Gasteiger partial charge in [0.2, 0.25) is 0 Å². The minimum Gasteiger partial charge on any atom is -0.393 e. The molecule has 2 atom stereocenters. The van der Waals surface area contributed by atoms with Crippen LogP contribution in [0.2, 0.25) is 0 Å². The van der Waals surface area contributed by atoms with Gasteiger partial charge in [0.15, 0.2) is 0 Å². The molecule has 0 bridgehead atoms. The van der Waals surface area contributed by atoms with Crippen molar-refractivity contribution in [3.05, 3.63) is 35.5 Å². The topological polar surface area (TPSA) is 50.1 Å². The molecule has 4 rings (SSSR count). The van der Waals surface area contributed by atoms with Crippen LogP contribution in [0.5, 0.6) is 0 Å². The molecule has 25 heavy (non-hydrogen) atoms. The number of fused-ring (bicyclic) bond motifs is 1. The Labute approximate surface area is 154 Å². The van der Waals surface area contributed by atoms with E-state index in [1.807, 2.05) is 11.8 Å². The summed E-state index contributed by atoms with van der Waals surface area (Å²) in [5.74, 6) is 2.59. The average Bonchev–Trinajstić information content (AvgIpc) is 3.24. The molecule has 0 unspecified atom stereocenters. The Hall–Kier alpha value is -1.46. The van der Waals surface area contributed by atoms with Crippen molar-refractivity contribution in [3.8, 4) is 0 Å². The summed E-state index contributed by atoms with van der Waals surface area (Å²) in [6.45, 7) is 6.53. The molecule has 0 radical (unpaired) electrons. The third-order valence-electron chi connectivity index (χ3n) is 5.16. The van der Waals surface area contributed by atoms with Crippen LogP contribution in [0.4, 0.5) is 11.5 Å². The van der Waals surface area contributed by atoms with Gasteiger partial charge in [-0.1, -0.05) is 6.07 Å². The fourth-order valence-electron chi connectivity index (χ4n) is 3.82. The molecule has 0 amide bonds. The molecule has 2 N–H and O–H groups in total. The average molecular weight is 358 g/mol. The minimum atomic E-state index is -0.171. The first kappa shape index (κ1) is 17.0. The van der Waals surface area contributed by atoms with Gasteiger partial charge in [-0.2, -0.15) is 5.10 Å². The zero-order valence-electron chi connectivity index (χ0n) is 15.2.